The molecule has 2 aliphatic carbocycles. The molecule has 8 heteroatoms. The molecule has 4 aliphatic rings. The fourth-order valence-electron chi connectivity index (χ4n) is 4.92. The van der Waals surface area contributed by atoms with Gasteiger partial charge in [0.25, 0.3) is 0 Å². The third-order valence-electron chi connectivity index (χ3n) is 6.67. The van der Waals surface area contributed by atoms with Gasteiger partial charge >= 0.3 is 18.1 Å². The first kappa shape index (κ1) is 18.3. The van der Waals surface area contributed by atoms with Crippen molar-refractivity contribution >= 4 is 23.8 Å². The molecule has 1 aromatic rings. The van der Waals surface area contributed by atoms with Crippen molar-refractivity contribution in [2.75, 3.05) is 11.4 Å². The van der Waals surface area contributed by atoms with Crippen LogP contribution in [0.3, 0.4) is 0 Å². The zero-order valence-electron chi connectivity index (χ0n) is 16.2. The molecule has 3 atom stereocenters. The van der Waals surface area contributed by atoms with E-state index < -0.39 is 24.1 Å². The number of nitrogens with zero attached hydrogens (tertiary/aromatic N) is 3. The van der Waals surface area contributed by atoms with Crippen LogP contribution in [0, 0.1) is 5.92 Å². The molecule has 1 N–H and O–H groups in total. The highest BCUT2D eigenvalue weighted by atomic mass is 16.7. The van der Waals surface area contributed by atoms with Gasteiger partial charge in [0.2, 0.25) is 0 Å². The molecule has 0 spiro atoms. The van der Waals surface area contributed by atoms with E-state index in [1.54, 1.807) is 4.90 Å². The van der Waals surface area contributed by atoms with Gasteiger partial charge in [-0.05, 0) is 56.1 Å². The van der Waals surface area contributed by atoms with Crippen molar-refractivity contribution in [2.24, 2.45) is 5.92 Å². The molecule has 0 radical (unpaired) electrons. The van der Waals surface area contributed by atoms with Gasteiger partial charge in [-0.1, -0.05) is 24.6 Å². The number of urea groups is 1. The summed E-state index contributed by atoms with van der Waals surface area (Å²) in [5, 5.41) is 10.4. The van der Waals surface area contributed by atoms with Crippen LogP contribution in [0.5, 0.6) is 0 Å². The number of carboxylic acids is 1. The standard InChI is InChI=1S/C21H25N3O5/c25-19(26)18-10-11-22(18)20(27)24(15-8-9-15)29-21(28)23-16-6-2-1-4-13(16)12-14-5-3-7-17(14)23/h1-2,4,6,14-15,17-18H,3,5,7-12H2,(H,25,26)/t14?,17?,18-/m1/s1. The molecule has 2 heterocycles. The number of anilines is 1. The maximum Gasteiger partial charge on any atom is 0.439 e. The fraction of sp³-hybridized carbons (Fsp3) is 0.571. The second-order valence-electron chi connectivity index (χ2n) is 8.49. The summed E-state index contributed by atoms with van der Waals surface area (Å²) in [6, 6.07) is 6.44. The number of hydroxylamine groups is 2. The van der Waals surface area contributed by atoms with Crippen LogP contribution in [0.15, 0.2) is 24.3 Å². The quantitative estimate of drug-likeness (QED) is 0.772. The van der Waals surface area contributed by atoms with Gasteiger partial charge in [-0.15, -0.1) is 5.06 Å². The Morgan fingerprint density at radius 3 is 2.55 bits per heavy atom. The van der Waals surface area contributed by atoms with Crippen LogP contribution in [-0.2, 0) is 16.1 Å². The molecule has 154 valence electrons. The minimum atomic E-state index is -1.02. The normalized spacial score (nSPS) is 27.5. The molecular formula is C21H25N3O5. The lowest BCUT2D eigenvalue weighted by Crippen LogP contribution is -2.60. The van der Waals surface area contributed by atoms with Crippen LogP contribution in [-0.4, -0.2) is 57.8 Å². The lowest BCUT2D eigenvalue weighted by molar-refractivity contribution is -0.148. The average molecular weight is 399 g/mol. The fourth-order valence-corrected chi connectivity index (χ4v) is 4.92. The van der Waals surface area contributed by atoms with E-state index in [9.17, 15) is 19.5 Å². The highest BCUT2D eigenvalue weighted by Gasteiger charge is 2.47. The number of likely N-dealkylation sites (tertiary alicyclic amines) is 1. The zero-order valence-corrected chi connectivity index (χ0v) is 16.2. The zero-order chi connectivity index (χ0) is 20.1. The summed E-state index contributed by atoms with van der Waals surface area (Å²) in [5.74, 6) is -0.611. The maximum atomic E-state index is 13.3. The second kappa shape index (κ2) is 6.93. The molecule has 1 aromatic carbocycles. The Bertz CT molecular complexity index is 854. The lowest BCUT2D eigenvalue weighted by Gasteiger charge is -2.42. The molecule has 3 fully saturated rings. The van der Waals surface area contributed by atoms with Crippen LogP contribution >= 0.6 is 0 Å². The van der Waals surface area contributed by atoms with E-state index in [2.05, 4.69) is 0 Å². The number of aliphatic carboxylic acids is 1. The van der Waals surface area contributed by atoms with Crippen LogP contribution in [0.25, 0.3) is 0 Å². The molecular weight excluding hydrogens is 374 g/mol. The largest absolute Gasteiger partial charge is 0.480 e. The molecule has 8 nitrogen and oxygen atoms in total. The number of amides is 3. The molecule has 29 heavy (non-hydrogen) atoms. The number of rotatable bonds is 2. The van der Waals surface area contributed by atoms with Gasteiger partial charge in [0, 0.05) is 12.6 Å². The van der Waals surface area contributed by atoms with Gasteiger partial charge < -0.3 is 14.8 Å². The van der Waals surface area contributed by atoms with E-state index in [0.717, 1.165) is 54.8 Å². The van der Waals surface area contributed by atoms with Crippen LogP contribution in [0.1, 0.15) is 44.1 Å². The highest BCUT2D eigenvalue weighted by molar-refractivity contribution is 5.91. The molecule has 5 rings (SSSR count). The van der Waals surface area contributed by atoms with Crippen LogP contribution < -0.4 is 4.90 Å². The van der Waals surface area contributed by atoms with Crippen molar-refractivity contribution in [1.82, 2.24) is 9.96 Å². The number of benzene rings is 1. The number of hydrogen-bond acceptors (Lipinski definition) is 4. The van der Waals surface area contributed by atoms with E-state index in [1.807, 2.05) is 24.3 Å². The number of carbonyl (C=O) groups excluding carboxylic acids is 2. The van der Waals surface area contributed by atoms with Crippen molar-refractivity contribution < 1.29 is 24.3 Å². The Hall–Kier alpha value is -2.77. The number of hydrogen-bond donors (Lipinski definition) is 1. The highest BCUT2D eigenvalue weighted by Crippen LogP contribution is 2.42. The first-order valence-corrected chi connectivity index (χ1v) is 10.5. The van der Waals surface area contributed by atoms with Crippen molar-refractivity contribution in [3.05, 3.63) is 29.8 Å². The predicted molar refractivity (Wildman–Crippen MR) is 103 cm³/mol. The second-order valence-corrected chi connectivity index (χ2v) is 8.49. The molecule has 0 bridgehead atoms. The summed E-state index contributed by atoms with van der Waals surface area (Å²) in [7, 11) is 0. The summed E-state index contributed by atoms with van der Waals surface area (Å²) < 4.78 is 0. The van der Waals surface area contributed by atoms with Gasteiger partial charge in [-0.3, -0.25) is 4.90 Å². The average Bonchev–Trinajstić information content (AvgIpc) is 3.39. The third-order valence-corrected chi connectivity index (χ3v) is 6.67. The van der Waals surface area contributed by atoms with Crippen molar-refractivity contribution in [3.63, 3.8) is 0 Å². The number of fused-ring (bicyclic) bond motifs is 2. The molecule has 2 unspecified atom stereocenters. The topological polar surface area (TPSA) is 90.4 Å². The van der Waals surface area contributed by atoms with Gasteiger partial charge in [-0.2, -0.15) is 0 Å². The van der Waals surface area contributed by atoms with E-state index in [-0.39, 0.29) is 12.1 Å². The minimum absolute atomic E-state index is 0.0873. The lowest BCUT2D eigenvalue weighted by atomic mass is 9.88. The first-order valence-electron chi connectivity index (χ1n) is 10.5. The van der Waals surface area contributed by atoms with Gasteiger partial charge in [0.15, 0.2) is 0 Å². The Morgan fingerprint density at radius 1 is 1.07 bits per heavy atom. The van der Waals surface area contributed by atoms with Crippen molar-refractivity contribution in [2.45, 2.75) is 63.1 Å². The summed E-state index contributed by atoms with van der Waals surface area (Å²) in [4.78, 5) is 46.1. The first-order chi connectivity index (χ1) is 14.0. The van der Waals surface area contributed by atoms with Crippen LogP contribution in [0.2, 0.25) is 0 Å². The summed E-state index contributed by atoms with van der Waals surface area (Å²) in [5.41, 5.74) is 1.99. The van der Waals surface area contributed by atoms with E-state index in [1.165, 1.54) is 4.90 Å². The summed E-state index contributed by atoms with van der Waals surface area (Å²) in [6.07, 6.45) is 5.45. The number of carboxylic acid groups (broad SMARTS) is 1. The van der Waals surface area contributed by atoms with Gasteiger partial charge in [0.1, 0.15) is 6.04 Å². The smallest absolute Gasteiger partial charge is 0.439 e. The number of carbonyl (C=O) groups is 3. The molecule has 2 aliphatic heterocycles. The van der Waals surface area contributed by atoms with E-state index in [4.69, 9.17) is 4.84 Å². The number of para-hydroxylation sites is 1. The Balaban J connectivity index is 1.38. The Kier molecular flexibility index (Phi) is 4.37. The minimum Gasteiger partial charge on any atom is -0.480 e. The maximum absolute atomic E-state index is 13.3. The predicted octanol–water partition coefficient (Wildman–Crippen LogP) is 3.01. The third kappa shape index (κ3) is 3.10. The van der Waals surface area contributed by atoms with Gasteiger partial charge in [-0.25, -0.2) is 14.4 Å². The van der Waals surface area contributed by atoms with Crippen molar-refractivity contribution in [1.29, 1.82) is 0 Å². The Labute approximate surface area is 169 Å². The molecule has 2 saturated carbocycles. The SMILES string of the molecule is O=C(O)[C@H]1CCN1C(=O)N(OC(=O)N1c2ccccc2CC2CCCC21)C1CC1. The summed E-state index contributed by atoms with van der Waals surface area (Å²) in [6.45, 7) is 0.369. The monoisotopic (exact) mass is 399 g/mol. The van der Waals surface area contributed by atoms with Crippen LogP contribution in [0.4, 0.5) is 15.3 Å². The summed E-state index contributed by atoms with van der Waals surface area (Å²) >= 11 is 0. The van der Waals surface area contributed by atoms with E-state index >= 15 is 0 Å². The molecule has 3 amide bonds. The van der Waals surface area contributed by atoms with E-state index in [0.29, 0.717) is 18.9 Å². The van der Waals surface area contributed by atoms with Gasteiger partial charge in [0.05, 0.1) is 11.7 Å². The molecule has 0 aromatic heterocycles. The molecule has 1 saturated heterocycles. The Morgan fingerprint density at radius 2 is 1.86 bits per heavy atom. The van der Waals surface area contributed by atoms with Crippen molar-refractivity contribution in [3.8, 4) is 0 Å².